The van der Waals surface area contributed by atoms with Gasteiger partial charge in [-0.3, -0.25) is 0 Å². The first kappa shape index (κ1) is 10.7. The molecule has 0 saturated carbocycles. The summed E-state index contributed by atoms with van der Waals surface area (Å²) in [6.07, 6.45) is 0. The normalized spacial score (nSPS) is 10.3. The maximum absolute atomic E-state index is 13.4. The topological polar surface area (TPSA) is 35.0 Å². The molecule has 0 aliphatic heterocycles. The van der Waals surface area contributed by atoms with Crippen molar-refractivity contribution in [3.63, 3.8) is 0 Å². The summed E-state index contributed by atoms with van der Waals surface area (Å²) in [5, 5.41) is 0.709. The third-order valence-corrected chi connectivity index (χ3v) is 3.37. The summed E-state index contributed by atoms with van der Waals surface area (Å²) in [4.78, 5) is 4.16. The largest absolute Gasteiger partial charge is 0.494 e. The predicted molar refractivity (Wildman–Crippen MR) is 64.6 cm³/mol. The van der Waals surface area contributed by atoms with Crippen LogP contribution in [0.15, 0.2) is 18.2 Å². The summed E-state index contributed by atoms with van der Waals surface area (Å²) in [6.45, 7) is 0. The molecule has 6 heteroatoms. The molecule has 0 saturated heterocycles. The van der Waals surface area contributed by atoms with E-state index in [1.165, 1.54) is 24.7 Å². The molecule has 0 aliphatic rings. The molecule has 2 aromatic rings. The van der Waals surface area contributed by atoms with Crippen LogP contribution in [0.2, 0.25) is 0 Å². The highest BCUT2D eigenvalue weighted by molar-refractivity contribution is 14.1. The Hall–Kier alpha value is -0.760. The molecule has 1 aromatic carbocycles. The van der Waals surface area contributed by atoms with Gasteiger partial charge in [-0.25, -0.2) is 9.37 Å². The second-order valence-corrected chi connectivity index (χ2v) is 4.43. The highest BCUT2D eigenvalue weighted by Gasteiger charge is 2.08. The lowest BCUT2D eigenvalue weighted by Crippen LogP contribution is -1.88. The molecule has 3 nitrogen and oxygen atoms in total. The Labute approximate surface area is 104 Å². The van der Waals surface area contributed by atoms with Gasteiger partial charge in [0, 0.05) is 28.2 Å². The second kappa shape index (κ2) is 4.40. The summed E-state index contributed by atoms with van der Waals surface area (Å²) in [5.74, 6) is -0.154. The number of aromatic nitrogens is 2. The molecule has 0 bridgehead atoms. The van der Waals surface area contributed by atoms with Crippen LogP contribution in [0.5, 0.6) is 5.75 Å². The SMILES string of the molecule is COc1ccc(-c2nc(I)ns2)cc1F. The van der Waals surface area contributed by atoms with Gasteiger partial charge >= 0.3 is 0 Å². The van der Waals surface area contributed by atoms with Gasteiger partial charge in [0.2, 0.25) is 3.83 Å². The first-order valence-corrected chi connectivity index (χ1v) is 5.89. The molecule has 0 fully saturated rings. The van der Waals surface area contributed by atoms with Crippen molar-refractivity contribution in [1.82, 2.24) is 9.36 Å². The van der Waals surface area contributed by atoms with Crippen LogP contribution in [0.1, 0.15) is 0 Å². The molecular formula is C9H6FIN2OS. The minimum absolute atomic E-state index is 0.234. The fourth-order valence-corrected chi connectivity index (χ4v) is 2.38. The van der Waals surface area contributed by atoms with E-state index in [2.05, 4.69) is 9.36 Å². The Kier molecular flexibility index (Phi) is 3.15. The molecule has 0 aliphatic carbocycles. The molecule has 0 atom stereocenters. The van der Waals surface area contributed by atoms with Crippen molar-refractivity contribution in [2.24, 2.45) is 0 Å². The average Bonchev–Trinajstić information content (AvgIpc) is 2.65. The number of methoxy groups -OCH3 is 1. The quantitative estimate of drug-likeness (QED) is 0.791. The average molecular weight is 336 g/mol. The van der Waals surface area contributed by atoms with Gasteiger partial charge in [-0.2, -0.15) is 4.37 Å². The maximum Gasteiger partial charge on any atom is 0.203 e. The van der Waals surface area contributed by atoms with Crippen LogP contribution in [0, 0.1) is 9.65 Å². The Balaban J connectivity index is 2.42. The van der Waals surface area contributed by atoms with Crippen molar-refractivity contribution in [3.8, 4) is 16.3 Å². The summed E-state index contributed by atoms with van der Waals surface area (Å²) >= 11 is 3.27. The van der Waals surface area contributed by atoms with E-state index in [0.717, 1.165) is 0 Å². The van der Waals surface area contributed by atoms with Crippen LogP contribution in [0.3, 0.4) is 0 Å². The summed E-state index contributed by atoms with van der Waals surface area (Å²) in [7, 11) is 1.44. The molecule has 1 aromatic heterocycles. The fraction of sp³-hybridized carbons (Fsp3) is 0.111. The van der Waals surface area contributed by atoms with Gasteiger partial charge < -0.3 is 4.74 Å². The zero-order chi connectivity index (χ0) is 10.8. The minimum atomic E-state index is -0.389. The molecule has 0 N–H and O–H groups in total. The molecule has 0 radical (unpaired) electrons. The van der Waals surface area contributed by atoms with Crippen molar-refractivity contribution in [1.29, 1.82) is 0 Å². The fourth-order valence-electron chi connectivity index (χ4n) is 1.12. The summed E-state index contributed by atoms with van der Waals surface area (Å²) < 4.78 is 22.9. The lowest BCUT2D eigenvalue weighted by molar-refractivity contribution is 0.386. The van der Waals surface area contributed by atoms with Crippen LogP contribution in [0.4, 0.5) is 4.39 Å². The monoisotopic (exact) mass is 336 g/mol. The van der Waals surface area contributed by atoms with Gasteiger partial charge in [-0.1, -0.05) is 0 Å². The minimum Gasteiger partial charge on any atom is -0.494 e. The van der Waals surface area contributed by atoms with Gasteiger partial charge in [0.25, 0.3) is 0 Å². The predicted octanol–water partition coefficient (Wildman–Crippen LogP) is 2.96. The Morgan fingerprint density at radius 3 is 2.80 bits per heavy atom. The lowest BCUT2D eigenvalue weighted by Gasteiger charge is -2.02. The number of benzene rings is 1. The van der Waals surface area contributed by atoms with Crippen molar-refractivity contribution in [3.05, 3.63) is 27.8 Å². The van der Waals surface area contributed by atoms with Crippen molar-refractivity contribution in [2.75, 3.05) is 7.11 Å². The lowest BCUT2D eigenvalue weighted by atomic mass is 10.2. The number of ether oxygens (including phenoxy) is 1. The van der Waals surface area contributed by atoms with Crippen LogP contribution in [-0.4, -0.2) is 16.5 Å². The summed E-state index contributed by atoms with van der Waals surface area (Å²) in [5.41, 5.74) is 0.716. The van der Waals surface area contributed by atoms with Crippen LogP contribution in [0.25, 0.3) is 10.6 Å². The third kappa shape index (κ3) is 2.25. The van der Waals surface area contributed by atoms with E-state index < -0.39 is 0 Å². The smallest absolute Gasteiger partial charge is 0.203 e. The molecule has 15 heavy (non-hydrogen) atoms. The molecule has 1 heterocycles. The highest BCUT2D eigenvalue weighted by Crippen LogP contribution is 2.26. The van der Waals surface area contributed by atoms with E-state index in [1.807, 2.05) is 22.6 Å². The van der Waals surface area contributed by atoms with E-state index in [0.29, 0.717) is 14.4 Å². The van der Waals surface area contributed by atoms with Crippen LogP contribution in [-0.2, 0) is 0 Å². The highest BCUT2D eigenvalue weighted by atomic mass is 127. The van der Waals surface area contributed by atoms with E-state index in [4.69, 9.17) is 4.74 Å². The molecule has 78 valence electrons. The zero-order valence-corrected chi connectivity index (χ0v) is 10.7. The van der Waals surface area contributed by atoms with Gasteiger partial charge in [0.05, 0.1) is 7.11 Å². The second-order valence-electron chi connectivity index (χ2n) is 2.72. The van der Waals surface area contributed by atoms with Crippen LogP contribution < -0.4 is 4.74 Å². The zero-order valence-electron chi connectivity index (χ0n) is 7.70. The standard InChI is InChI=1S/C9H6FIN2OS/c1-14-7-3-2-5(4-6(7)10)8-12-9(11)13-15-8/h2-4H,1H3. The Bertz CT molecular complexity index is 489. The third-order valence-electron chi connectivity index (χ3n) is 1.80. The molecular weight excluding hydrogens is 330 g/mol. The van der Waals surface area contributed by atoms with Gasteiger partial charge in [-0.05, 0) is 29.7 Å². The van der Waals surface area contributed by atoms with Crippen molar-refractivity contribution < 1.29 is 9.13 Å². The first-order chi connectivity index (χ1) is 7.20. The van der Waals surface area contributed by atoms with E-state index >= 15 is 0 Å². The Morgan fingerprint density at radius 2 is 2.27 bits per heavy atom. The van der Waals surface area contributed by atoms with Gasteiger partial charge in [0.15, 0.2) is 11.6 Å². The van der Waals surface area contributed by atoms with Crippen molar-refractivity contribution in [2.45, 2.75) is 0 Å². The van der Waals surface area contributed by atoms with E-state index in [9.17, 15) is 4.39 Å². The van der Waals surface area contributed by atoms with Crippen molar-refractivity contribution >= 4 is 34.1 Å². The number of nitrogens with zero attached hydrogens (tertiary/aromatic N) is 2. The molecule has 0 amide bonds. The Morgan fingerprint density at radius 1 is 1.47 bits per heavy atom. The first-order valence-electron chi connectivity index (χ1n) is 4.04. The van der Waals surface area contributed by atoms with Crippen LogP contribution >= 0.6 is 34.1 Å². The van der Waals surface area contributed by atoms with Gasteiger partial charge in [0.1, 0.15) is 5.01 Å². The molecule has 0 spiro atoms. The van der Waals surface area contributed by atoms with E-state index in [-0.39, 0.29) is 11.6 Å². The molecule has 0 unspecified atom stereocenters. The van der Waals surface area contributed by atoms with Gasteiger partial charge in [-0.15, -0.1) is 0 Å². The number of hydrogen-bond acceptors (Lipinski definition) is 4. The van der Waals surface area contributed by atoms with E-state index in [1.54, 1.807) is 12.1 Å². The summed E-state index contributed by atoms with van der Waals surface area (Å²) in [6, 6.07) is 4.74. The number of halogens is 2. The maximum atomic E-state index is 13.4. The number of rotatable bonds is 2. The molecule has 2 rings (SSSR count). The number of hydrogen-bond donors (Lipinski definition) is 0.